The molecule has 120 valence electrons. The normalized spacial score (nSPS) is 15.5. The number of hydrogen-bond acceptors (Lipinski definition) is 3. The maximum atomic E-state index is 12.0. The molecule has 0 radical (unpaired) electrons. The molecule has 0 aromatic heterocycles. The molecular formula is C16H22ClN3O2. The third kappa shape index (κ3) is 4.63. The lowest BCUT2D eigenvalue weighted by molar-refractivity contribution is -0.130. The number of nitrogens with one attached hydrogen (secondary N) is 2. The molecule has 6 heteroatoms. The average molecular weight is 324 g/mol. The smallest absolute Gasteiger partial charge is 0.239 e. The molecule has 22 heavy (non-hydrogen) atoms. The van der Waals surface area contributed by atoms with E-state index in [1.807, 2.05) is 30.0 Å². The number of rotatable bonds is 4. The molecule has 0 bridgehead atoms. The van der Waals surface area contributed by atoms with E-state index < -0.39 is 0 Å². The fourth-order valence-electron chi connectivity index (χ4n) is 2.58. The maximum Gasteiger partial charge on any atom is 0.239 e. The number of nitrogens with zero attached hydrogens (tertiary/aromatic N) is 1. The minimum atomic E-state index is -0.0411. The maximum absolute atomic E-state index is 12.0. The van der Waals surface area contributed by atoms with E-state index in [1.54, 1.807) is 6.92 Å². The third-order valence-electron chi connectivity index (χ3n) is 3.94. The van der Waals surface area contributed by atoms with Gasteiger partial charge >= 0.3 is 0 Å². The van der Waals surface area contributed by atoms with E-state index in [2.05, 4.69) is 10.6 Å². The molecule has 2 N–H and O–H groups in total. The van der Waals surface area contributed by atoms with Crippen molar-refractivity contribution in [3.63, 3.8) is 0 Å². The lowest BCUT2D eigenvalue weighted by Crippen LogP contribution is -2.47. The van der Waals surface area contributed by atoms with Gasteiger partial charge in [-0.2, -0.15) is 0 Å². The van der Waals surface area contributed by atoms with Crippen LogP contribution < -0.4 is 10.6 Å². The Hall–Kier alpha value is -1.75. The average Bonchev–Trinajstić information content (AvgIpc) is 2.49. The molecule has 1 aliphatic heterocycles. The summed E-state index contributed by atoms with van der Waals surface area (Å²) in [4.78, 5) is 25.1. The highest BCUT2D eigenvalue weighted by Crippen LogP contribution is 2.19. The van der Waals surface area contributed by atoms with Crippen LogP contribution in [0.25, 0.3) is 0 Å². The van der Waals surface area contributed by atoms with Crippen molar-refractivity contribution < 1.29 is 9.59 Å². The number of hydrogen-bond donors (Lipinski definition) is 2. The highest BCUT2D eigenvalue weighted by molar-refractivity contribution is 6.30. The number of aryl methyl sites for hydroxylation is 1. The molecule has 5 nitrogen and oxygen atoms in total. The van der Waals surface area contributed by atoms with E-state index in [9.17, 15) is 9.59 Å². The predicted octanol–water partition coefficient (Wildman–Crippen LogP) is 2.19. The van der Waals surface area contributed by atoms with Gasteiger partial charge in [-0.15, -0.1) is 0 Å². The van der Waals surface area contributed by atoms with Gasteiger partial charge in [0.05, 0.1) is 6.54 Å². The Morgan fingerprint density at radius 1 is 1.32 bits per heavy atom. The van der Waals surface area contributed by atoms with Gasteiger partial charge in [-0.3, -0.25) is 9.59 Å². The van der Waals surface area contributed by atoms with Crippen LogP contribution in [-0.4, -0.2) is 42.4 Å². The van der Waals surface area contributed by atoms with Gasteiger partial charge in [-0.05, 0) is 37.5 Å². The zero-order valence-electron chi connectivity index (χ0n) is 13.0. The molecule has 2 rings (SSSR count). The number of amides is 2. The molecule has 1 aromatic rings. The van der Waals surface area contributed by atoms with Crippen molar-refractivity contribution in [2.75, 3.05) is 25.0 Å². The van der Waals surface area contributed by atoms with E-state index in [0.29, 0.717) is 18.1 Å². The molecule has 0 aliphatic carbocycles. The first-order chi connectivity index (χ1) is 10.5. The lowest BCUT2D eigenvalue weighted by atomic mass is 10.1. The van der Waals surface area contributed by atoms with Gasteiger partial charge in [-0.25, -0.2) is 0 Å². The van der Waals surface area contributed by atoms with Crippen molar-refractivity contribution in [3.05, 3.63) is 28.8 Å². The van der Waals surface area contributed by atoms with Gasteiger partial charge in [0.2, 0.25) is 11.8 Å². The molecule has 0 unspecified atom stereocenters. The third-order valence-corrected chi connectivity index (χ3v) is 4.18. The van der Waals surface area contributed by atoms with E-state index in [4.69, 9.17) is 11.6 Å². The second-order valence-electron chi connectivity index (χ2n) is 5.66. The molecule has 1 heterocycles. The Bertz CT molecular complexity index is 554. The summed E-state index contributed by atoms with van der Waals surface area (Å²) in [6.45, 7) is 5.18. The minimum absolute atomic E-state index is 0.0411. The van der Waals surface area contributed by atoms with Crippen molar-refractivity contribution in [2.45, 2.75) is 32.7 Å². The number of carbonyl (C=O) groups is 2. The quantitative estimate of drug-likeness (QED) is 0.893. The Labute approximate surface area is 136 Å². The van der Waals surface area contributed by atoms with Gasteiger partial charge in [-0.1, -0.05) is 17.7 Å². The molecule has 1 aromatic carbocycles. The van der Waals surface area contributed by atoms with Gasteiger partial charge in [0.15, 0.2) is 0 Å². The van der Waals surface area contributed by atoms with Crippen LogP contribution in [-0.2, 0) is 9.59 Å². The van der Waals surface area contributed by atoms with Gasteiger partial charge in [0.1, 0.15) is 0 Å². The van der Waals surface area contributed by atoms with Crippen LogP contribution in [0.15, 0.2) is 18.2 Å². The number of halogens is 1. The SMILES string of the molecule is CC(=O)N1CCC(NC(=O)CNc2cc(Cl)ccc2C)CC1. The number of benzene rings is 1. The van der Waals surface area contributed by atoms with Crippen LogP contribution in [0.3, 0.4) is 0 Å². The van der Waals surface area contributed by atoms with Crippen molar-refractivity contribution in [3.8, 4) is 0 Å². The summed E-state index contributed by atoms with van der Waals surface area (Å²) in [5, 5.41) is 6.76. The summed E-state index contributed by atoms with van der Waals surface area (Å²) < 4.78 is 0. The first-order valence-corrected chi connectivity index (χ1v) is 7.88. The molecular weight excluding hydrogens is 302 g/mol. The van der Waals surface area contributed by atoms with Crippen LogP contribution in [0.5, 0.6) is 0 Å². The molecule has 1 aliphatic rings. The van der Waals surface area contributed by atoms with Crippen molar-refractivity contribution in [1.82, 2.24) is 10.2 Å². The molecule has 0 saturated carbocycles. The molecule has 1 fully saturated rings. The van der Waals surface area contributed by atoms with Crippen molar-refractivity contribution >= 4 is 29.1 Å². The summed E-state index contributed by atoms with van der Waals surface area (Å²) in [6, 6.07) is 5.70. The highest BCUT2D eigenvalue weighted by Gasteiger charge is 2.21. The number of carbonyl (C=O) groups excluding carboxylic acids is 2. The van der Waals surface area contributed by atoms with E-state index in [1.165, 1.54) is 0 Å². The van der Waals surface area contributed by atoms with Crippen LogP contribution in [0, 0.1) is 6.92 Å². The van der Waals surface area contributed by atoms with Crippen LogP contribution >= 0.6 is 11.6 Å². The number of likely N-dealkylation sites (tertiary alicyclic amines) is 1. The van der Waals surface area contributed by atoms with Gasteiger partial charge in [0, 0.05) is 36.8 Å². The summed E-state index contributed by atoms with van der Waals surface area (Å²) >= 11 is 5.95. The largest absolute Gasteiger partial charge is 0.376 e. The predicted molar refractivity (Wildman–Crippen MR) is 88.1 cm³/mol. The number of piperidine rings is 1. The minimum Gasteiger partial charge on any atom is -0.376 e. The monoisotopic (exact) mass is 323 g/mol. The zero-order chi connectivity index (χ0) is 16.1. The topological polar surface area (TPSA) is 61.4 Å². The van der Waals surface area contributed by atoms with Crippen molar-refractivity contribution in [2.24, 2.45) is 0 Å². The van der Waals surface area contributed by atoms with E-state index in [0.717, 1.165) is 24.1 Å². The zero-order valence-corrected chi connectivity index (χ0v) is 13.7. The lowest BCUT2D eigenvalue weighted by Gasteiger charge is -2.31. The van der Waals surface area contributed by atoms with E-state index >= 15 is 0 Å². The fourth-order valence-corrected chi connectivity index (χ4v) is 2.75. The Morgan fingerprint density at radius 2 is 2.00 bits per heavy atom. The van der Waals surface area contributed by atoms with Crippen molar-refractivity contribution in [1.29, 1.82) is 0 Å². The van der Waals surface area contributed by atoms with Crippen LogP contribution in [0.2, 0.25) is 5.02 Å². The van der Waals surface area contributed by atoms with Crippen LogP contribution in [0.1, 0.15) is 25.3 Å². The molecule has 1 saturated heterocycles. The summed E-state index contributed by atoms with van der Waals surface area (Å²) in [5.41, 5.74) is 1.92. The first-order valence-electron chi connectivity index (χ1n) is 7.50. The first kappa shape index (κ1) is 16.6. The Kier molecular flexibility index (Phi) is 5.66. The Morgan fingerprint density at radius 3 is 2.64 bits per heavy atom. The summed E-state index contributed by atoms with van der Waals surface area (Å²) in [6.07, 6.45) is 1.61. The second kappa shape index (κ2) is 7.49. The number of anilines is 1. The second-order valence-corrected chi connectivity index (χ2v) is 6.10. The highest BCUT2D eigenvalue weighted by atomic mass is 35.5. The summed E-state index contributed by atoms with van der Waals surface area (Å²) in [7, 11) is 0. The standard InChI is InChI=1S/C16H22ClN3O2/c1-11-3-4-13(17)9-15(11)18-10-16(22)19-14-5-7-20(8-6-14)12(2)21/h3-4,9,14,18H,5-8,10H2,1-2H3,(H,19,22). The van der Waals surface area contributed by atoms with Gasteiger partial charge in [0.25, 0.3) is 0 Å². The molecule has 2 amide bonds. The summed E-state index contributed by atoms with van der Waals surface area (Å²) in [5.74, 6) is 0.0588. The Balaban J connectivity index is 1.77. The molecule has 0 atom stereocenters. The van der Waals surface area contributed by atoms with E-state index in [-0.39, 0.29) is 24.4 Å². The molecule has 0 spiro atoms. The van der Waals surface area contributed by atoms with Crippen LogP contribution in [0.4, 0.5) is 5.69 Å². The fraction of sp³-hybridized carbons (Fsp3) is 0.500. The van der Waals surface area contributed by atoms with Gasteiger partial charge < -0.3 is 15.5 Å².